The van der Waals surface area contributed by atoms with Crippen LogP contribution in [-0.2, 0) is 20.4 Å². The molecule has 0 saturated heterocycles. The summed E-state index contributed by atoms with van der Waals surface area (Å²) in [4.78, 5) is 14.2. The molecule has 0 aromatic heterocycles. The number of hydrogen-bond donors (Lipinski definition) is 1. The summed E-state index contributed by atoms with van der Waals surface area (Å²) >= 11 is 5.90. The predicted molar refractivity (Wildman–Crippen MR) is 128 cm³/mol. The average molecular weight is 478 g/mol. The van der Waals surface area contributed by atoms with Gasteiger partial charge in [-0.15, -0.1) is 0 Å². The van der Waals surface area contributed by atoms with Crippen LogP contribution in [0, 0.1) is 0 Å². The lowest BCUT2D eigenvalue weighted by molar-refractivity contribution is -0.128. The minimum Gasteiger partial charge on any atom is -0.368 e. The van der Waals surface area contributed by atoms with Gasteiger partial charge in [0.2, 0.25) is 15.9 Å². The van der Waals surface area contributed by atoms with Gasteiger partial charge in [0, 0.05) is 18.1 Å². The van der Waals surface area contributed by atoms with Crippen molar-refractivity contribution in [1.82, 2.24) is 9.21 Å². The van der Waals surface area contributed by atoms with Crippen molar-refractivity contribution in [3.05, 3.63) is 64.7 Å². The molecule has 174 valence electrons. The monoisotopic (exact) mass is 477 g/mol. The van der Waals surface area contributed by atoms with Crippen molar-refractivity contribution in [2.75, 3.05) is 21.1 Å². The van der Waals surface area contributed by atoms with Crippen molar-refractivity contribution < 1.29 is 13.2 Å². The lowest BCUT2D eigenvalue weighted by Gasteiger charge is -2.35. The SMILES string of the molecule is CN(C)C(C)(C(N)=O)c1ccc([C@H]2CC[C@H](N(C)S(=O)(=O)c3ccc(Cl)cc3)CC2)cc1. The van der Waals surface area contributed by atoms with Gasteiger partial charge in [0.15, 0.2) is 0 Å². The fourth-order valence-corrected chi connectivity index (χ4v) is 5.98. The van der Waals surface area contributed by atoms with Crippen molar-refractivity contribution >= 4 is 27.5 Å². The van der Waals surface area contributed by atoms with Crippen LogP contribution < -0.4 is 5.73 Å². The van der Waals surface area contributed by atoms with Gasteiger partial charge in [-0.3, -0.25) is 9.69 Å². The molecule has 8 heteroatoms. The van der Waals surface area contributed by atoms with Gasteiger partial charge in [0.05, 0.1) is 4.90 Å². The van der Waals surface area contributed by atoms with Crippen LogP contribution in [0.4, 0.5) is 0 Å². The average Bonchev–Trinajstić information content (AvgIpc) is 2.78. The Bertz CT molecular complexity index is 1050. The molecule has 1 fully saturated rings. The highest BCUT2D eigenvalue weighted by Crippen LogP contribution is 2.37. The number of primary amides is 1. The molecule has 0 bridgehead atoms. The largest absolute Gasteiger partial charge is 0.368 e. The molecule has 1 aliphatic carbocycles. The number of benzene rings is 2. The summed E-state index contributed by atoms with van der Waals surface area (Å²) in [6, 6.07) is 14.4. The van der Waals surface area contributed by atoms with Crippen molar-refractivity contribution in [2.45, 2.75) is 55.0 Å². The second kappa shape index (κ2) is 9.51. The van der Waals surface area contributed by atoms with E-state index in [1.54, 1.807) is 31.3 Å². The minimum atomic E-state index is -3.55. The van der Waals surface area contributed by atoms with Crippen molar-refractivity contribution in [2.24, 2.45) is 5.73 Å². The van der Waals surface area contributed by atoms with Gasteiger partial charge in [0.25, 0.3) is 0 Å². The molecule has 1 atom stereocenters. The van der Waals surface area contributed by atoms with Gasteiger partial charge < -0.3 is 5.73 Å². The maximum absolute atomic E-state index is 13.0. The Labute approximate surface area is 196 Å². The normalized spacial score (nSPS) is 21.5. The number of hydrogen-bond acceptors (Lipinski definition) is 4. The molecular weight excluding hydrogens is 446 g/mol. The fourth-order valence-electron chi connectivity index (χ4n) is 4.44. The van der Waals surface area contributed by atoms with Crippen LogP contribution in [0.15, 0.2) is 53.4 Å². The summed E-state index contributed by atoms with van der Waals surface area (Å²) in [5.74, 6) is -0.0215. The van der Waals surface area contributed by atoms with Crippen LogP contribution in [0.1, 0.15) is 49.7 Å². The van der Waals surface area contributed by atoms with Gasteiger partial charge in [-0.05, 0) is 88.0 Å². The van der Waals surface area contributed by atoms with Gasteiger partial charge in [-0.25, -0.2) is 8.42 Å². The van der Waals surface area contributed by atoms with E-state index in [9.17, 15) is 13.2 Å². The van der Waals surface area contributed by atoms with E-state index in [0.717, 1.165) is 31.2 Å². The lowest BCUT2D eigenvalue weighted by atomic mass is 9.80. The second-order valence-electron chi connectivity index (χ2n) is 8.93. The highest BCUT2D eigenvalue weighted by Gasteiger charge is 2.36. The Hall–Kier alpha value is -1.93. The van der Waals surface area contributed by atoms with E-state index in [1.807, 2.05) is 38.1 Å². The number of halogens is 1. The number of rotatable bonds is 7. The molecule has 2 aromatic rings. The molecule has 1 amide bonds. The molecule has 0 aliphatic heterocycles. The molecule has 1 saturated carbocycles. The Morgan fingerprint density at radius 2 is 1.50 bits per heavy atom. The zero-order valence-corrected chi connectivity index (χ0v) is 20.7. The van der Waals surface area contributed by atoms with E-state index >= 15 is 0 Å². The van der Waals surface area contributed by atoms with E-state index in [4.69, 9.17) is 17.3 Å². The molecule has 2 N–H and O–H groups in total. The molecule has 6 nitrogen and oxygen atoms in total. The van der Waals surface area contributed by atoms with Crippen LogP contribution in [0.3, 0.4) is 0 Å². The zero-order chi connectivity index (χ0) is 23.7. The highest BCUT2D eigenvalue weighted by atomic mass is 35.5. The third-order valence-corrected chi connectivity index (χ3v) is 9.20. The molecule has 2 aromatic carbocycles. The maximum atomic E-state index is 13.0. The molecule has 0 spiro atoms. The standard InChI is InChI=1S/C24H32ClN3O3S/c1-24(23(26)29,27(2)3)19-9-5-17(6-10-19)18-7-13-21(14-8-18)28(4)32(30,31)22-15-11-20(25)12-16-22/h5-6,9-12,15-16,18,21H,7-8,13-14H2,1-4H3,(H2,26,29)/t18-,21-,24?. The predicted octanol–water partition coefficient (Wildman–Crippen LogP) is 3.95. The Kier molecular flexibility index (Phi) is 7.34. The summed E-state index contributed by atoms with van der Waals surface area (Å²) in [5, 5.41) is 0.514. The lowest BCUT2D eigenvalue weighted by Crippen LogP contribution is -2.49. The zero-order valence-electron chi connectivity index (χ0n) is 19.1. The van der Waals surface area contributed by atoms with Crippen LogP contribution in [-0.4, -0.2) is 50.7 Å². The summed E-state index contributed by atoms with van der Waals surface area (Å²) in [7, 11) is 1.80. The Balaban J connectivity index is 1.68. The van der Waals surface area contributed by atoms with Gasteiger partial charge in [-0.1, -0.05) is 35.9 Å². The smallest absolute Gasteiger partial charge is 0.243 e. The topological polar surface area (TPSA) is 83.7 Å². The van der Waals surface area contributed by atoms with Crippen LogP contribution in [0.2, 0.25) is 5.02 Å². The van der Waals surface area contributed by atoms with E-state index in [-0.39, 0.29) is 16.8 Å². The third kappa shape index (κ3) is 4.71. The van der Waals surface area contributed by atoms with E-state index in [1.165, 1.54) is 9.87 Å². The van der Waals surface area contributed by atoms with Gasteiger partial charge in [0.1, 0.15) is 5.54 Å². The summed E-state index contributed by atoms with van der Waals surface area (Å²) in [6.07, 6.45) is 3.41. The van der Waals surface area contributed by atoms with Crippen molar-refractivity contribution in [3.8, 4) is 0 Å². The molecular formula is C24H32ClN3O3S. The minimum absolute atomic E-state index is 0.0295. The first-order chi connectivity index (χ1) is 15.0. The number of carbonyl (C=O) groups is 1. The maximum Gasteiger partial charge on any atom is 0.243 e. The summed E-state index contributed by atoms with van der Waals surface area (Å²) < 4.78 is 27.5. The number of sulfonamides is 1. The Morgan fingerprint density at radius 1 is 0.969 bits per heavy atom. The van der Waals surface area contributed by atoms with Crippen LogP contribution in [0.25, 0.3) is 0 Å². The van der Waals surface area contributed by atoms with Gasteiger partial charge >= 0.3 is 0 Å². The first-order valence-corrected chi connectivity index (χ1v) is 12.6. The van der Waals surface area contributed by atoms with Crippen LogP contribution in [0.5, 0.6) is 0 Å². The van der Waals surface area contributed by atoms with Crippen LogP contribution >= 0.6 is 11.6 Å². The number of nitrogens with two attached hydrogens (primary N) is 1. The van der Waals surface area contributed by atoms with E-state index in [0.29, 0.717) is 10.9 Å². The van der Waals surface area contributed by atoms with E-state index in [2.05, 4.69) is 12.1 Å². The molecule has 1 unspecified atom stereocenters. The summed E-state index contributed by atoms with van der Waals surface area (Å²) in [5.41, 5.74) is 6.88. The van der Waals surface area contributed by atoms with E-state index < -0.39 is 15.6 Å². The first-order valence-electron chi connectivity index (χ1n) is 10.8. The Morgan fingerprint density at radius 3 is 1.97 bits per heavy atom. The summed E-state index contributed by atoms with van der Waals surface area (Å²) in [6.45, 7) is 1.83. The second-order valence-corrected chi connectivity index (χ2v) is 11.4. The number of carbonyl (C=O) groups excluding carboxylic acids is 1. The highest BCUT2D eigenvalue weighted by molar-refractivity contribution is 7.89. The van der Waals surface area contributed by atoms with Crippen molar-refractivity contribution in [3.63, 3.8) is 0 Å². The third-order valence-electron chi connectivity index (χ3n) is 7.02. The molecule has 1 aliphatic rings. The molecule has 0 heterocycles. The van der Waals surface area contributed by atoms with Gasteiger partial charge in [-0.2, -0.15) is 4.31 Å². The number of likely N-dealkylation sites (N-methyl/N-ethyl adjacent to an activating group) is 1. The quantitative estimate of drug-likeness (QED) is 0.654. The van der Waals surface area contributed by atoms with Crippen molar-refractivity contribution in [1.29, 1.82) is 0 Å². The fraction of sp³-hybridized carbons (Fsp3) is 0.458. The first kappa shape index (κ1) is 24.7. The molecule has 32 heavy (non-hydrogen) atoms. The number of amides is 1. The number of nitrogens with zero attached hydrogens (tertiary/aromatic N) is 2. The molecule has 3 rings (SSSR count). The molecule has 0 radical (unpaired) electrons.